The zero-order valence-corrected chi connectivity index (χ0v) is 14.0. The SMILES string of the molecule is CCOC(=O)C(=CN1c2ccccc2C(C)C1C)C(=O)OCC. The van der Waals surface area contributed by atoms with Gasteiger partial charge in [0, 0.05) is 23.8 Å². The van der Waals surface area contributed by atoms with Gasteiger partial charge in [-0.15, -0.1) is 0 Å². The molecule has 0 spiro atoms. The van der Waals surface area contributed by atoms with Gasteiger partial charge in [-0.1, -0.05) is 25.1 Å². The van der Waals surface area contributed by atoms with Gasteiger partial charge < -0.3 is 14.4 Å². The molecule has 5 heteroatoms. The summed E-state index contributed by atoms with van der Waals surface area (Å²) in [6.07, 6.45) is 1.56. The van der Waals surface area contributed by atoms with E-state index in [9.17, 15) is 9.59 Å². The molecule has 23 heavy (non-hydrogen) atoms. The van der Waals surface area contributed by atoms with Crippen LogP contribution in [0.5, 0.6) is 0 Å². The highest BCUT2D eigenvalue weighted by molar-refractivity contribution is 6.14. The van der Waals surface area contributed by atoms with E-state index in [0.29, 0.717) is 5.92 Å². The molecule has 0 aliphatic carbocycles. The summed E-state index contributed by atoms with van der Waals surface area (Å²) >= 11 is 0. The van der Waals surface area contributed by atoms with Crippen molar-refractivity contribution in [3.8, 4) is 0 Å². The van der Waals surface area contributed by atoms with E-state index in [1.807, 2.05) is 23.1 Å². The Balaban J connectivity index is 2.42. The number of carbonyl (C=O) groups is 2. The molecule has 0 bridgehead atoms. The van der Waals surface area contributed by atoms with E-state index in [2.05, 4.69) is 19.9 Å². The number of carbonyl (C=O) groups excluding carboxylic acids is 2. The number of fused-ring (bicyclic) bond motifs is 1. The Labute approximate surface area is 136 Å². The summed E-state index contributed by atoms with van der Waals surface area (Å²) in [5.74, 6) is -1.02. The normalized spacial score (nSPS) is 19.0. The van der Waals surface area contributed by atoms with Crippen LogP contribution in [0.3, 0.4) is 0 Å². The first-order valence-corrected chi connectivity index (χ1v) is 7.94. The van der Waals surface area contributed by atoms with Crippen molar-refractivity contribution in [1.82, 2.24) is 0 Å². The van der Waals surface area contributed by atoms with Crippen molar-refractivity contribution in [2.24, 2.45) is 0 Å². The lowest BCUT2D eigenvalue weighted by Gasteiger charge is -2.23. The third-order valence-electron chi connectivity index (χ3n) is 4.13. The summed E-state index contributed by atoms with van der Waals surface area (Å²) in [5.41, 5.74) is 2.12. The largest absolute Gasteiger partial charge is 0.462 e. The first-order chi connectivity index (χ1) is 11.0. The van der Waals surface area contributed by atoms with Crippen LogP contribution in [0.2, 0.25) is 0 Å². The van der Waals surface area contributed by atoms with Gasteiger partial charge in [0.25, 0.3) is 0 Å². The molecule has 0 amide bonds. The van der Waals surface area contributed by atoms with Crippen molar-refractivity contribution in [3.63, 3.8) is 0 Å². The number of nitrogens with zero attached hydrogens (tertiary/aromatic N) is 1. The molecule has 0 radical (unpaired) electrons. The molecule has 0 saturated heterocycles. The van der Waals surface area contributed by atoms with Gasteiger partial charge in [-0.3, -0.25) is 0 Å². The van der Waals surface area contributed by atoms with Gasteiger partial charge in [-0.2, -0.15) is 0 Å². The Bertz CT molecular complexity index is 603. The van der Waals surface area contributed by atoms with E-state index in [4.69, 9.17) is 9.47 Å². The summed E-state index contributed by atoms with van der Waals surface area (Å²) < 4.78 is 9.99. The molecule has 1 aliphatic heterocycles. The Morgan fingerprint density at radius 1 is 1.09 bits per heavy atom. The molecule has 0 aromatic heterocycles. The van der Waals surface area contributed by atoms with Gasteiger partial charge in [-0.05, 0) is 32.4 Å². The van der Waals surface area contributed by atoms with Crippen LogP contribution < -0.4 is 4.90 Å². The maximum absolute atomic E-state index is 12.1. The van der Waals surface area contributed by atoms with Crippen LogP contribution in [-0.4, -0.2) is 31.2 Å². The number of hydrogen-bond acceptors (Lipinski definition) is 5. The first kappa shape index (κ1) is 17.1. The van der Waals surface area contributed by atoms with Crippen LogP contribution >= 0.6 is 0 Å². The second kappa shape index (κ2) is 7.31. The Kier molecular flexibility index (Phi) is 5.42. The van der Waals surface area contributed by atoms with E-state index in [0.717, 1.165) is 5.69 Å². The summed E-state index contributed by atoms with van der Waals surface area (Å²) in [5, 5.41) is 0. The van der Waals surface area contributed by atoms with Crippen molar-refractivity contribution in [2.45, 2.75) is 39.7 Å². The molecule has 2 rings (SSSR count). The Hall–Kier alpha value is -2.30. The average Bonchev–Trinajstić information content (AvgIpc) is 2.77. The first-order valence-electron chi connectivity index (χ1n) is 7.94. The van der Waals surface area contributed by atoms with Crippen LogP contribution in [0.1, 0.15) is 39.2 Å². The number of anilines is 1. The number of esters is 2. The molecular weight excluding hydrogens is 294 g/mol. The van der Waals surface area contributed by atoms with Crippen LogP contribution in [0.25, 0.3) is 0 Å². The number of para-hydroxylation sites is 1. The molecule has 0 N–H and O–H groups in total. The van der Waals surface area contributed by atoms with Crippen LogP contribution in [0, 0.1) is 0 Å². The molecule has 124 valence electrons. The molecule has 2 unspecified atom stereocenters. The van der Waals surface area contributed by atoms with E-state index in [1.54, 1.807) is 20.0 Å². The van der Waals surface area contributed by atoms with E-state index in [1.165, 1.54) is 5.56 Å². The Morgan fingerprint density at radius 2 is 1.65 bits per heavy atom. The van der Waals surface area contributed by atoms with E-state index < -0.39 is 11.9 Å². The minimum absolute atomic E-state index is 0.0792. The molecule has 2 atom stereocenters. The van der Waals surface area contributed by atoms with Crippen molar-refractivity contribution in [3.05, 3.63) is 41.6 Å². The van der Waals surface area contributed by atoms with Gasteiger partial charge in [0.2, 0.25) is 0 Å². The molecular formula is C18H23NO4. The third-order valence-corrected chi connectivity index (χ3v) is 4.13. The fraction of sp³-hybridized carbons (Fsp3) is 0.444. The molecule has 0 saturated carbocycles. The number of rotatable bonds is 5. The minimum Gasteiger partial charge on any atom is -0.462 e. The van der Waals surface area contributed by atoms with Crippen LogP contribution in [0.4, 0.5) is 5.69 Å². The summed E-state index contributed by atoms with van der Waals surface area (Å²) in [6.45, 7) is 8.02. The van der Waals surface area contributed by atoms with Gasteiger partial charge in [0.1, 0.15) is 0 Å². The molecule has 5 nitrogen and oxygen atoms in total. The lowest BCUT2D eigenvalue weighted by Crippen LogP contribution is -2.29. The molecule has 1 aliphatic rings. The quantitative estimate of drug-likeness (QED) is 0.362. The highest BCUT2D eigenvalue weighted by Gasteiger charge is 2.33. The van der Waals surface area contributed by atoms with Crippen molar-refractivity contribution >= 4 is 17.6 Å². The Morgan fingerprint density at radius 3 is 2.22 bits per heavy atom. The second-order valence-corrected chi connectivity index (χ2v) is 5.48. The summed E-state index contributed by atoms with van der Waals surface area (Å²) in [6, 6.07) is 8.12. The van der Waals surface area contributed by atoms with E-state index >= 15 is 0 Å². The lowest BCUT2D eigenvalue weighted by atomic mass is 9.99. The lowest BCUT2D eigenvalue weighted by molar-refractivity contribution is -0.146. The third kappa shape index (κ3) is 3.38. The second-order valence-electron chi connectivity index (χ2n) is 5.48. The average molecular weight is 317 g/mol. The zero-order chi connectivity index (χ0) is 17.0. The van der Waals surface area contributed by atoms with Crippen molar-refractivity contribution in [2.75, 3.05) is 18.1 Å². The summed E-state index contributed by atoms with van der Waals surface area (Å²) in [4.78, 5) is 26.2. The van der Waals surface area contributed by atoms with Crippen LogP contribution in [0.15, 0.2) is 36.0 Å². The fourth-order valence-electron chi connectivity index (χ4n) is 2.76. The summed E-state index contributed by atoms with van der Waals surface area (Å²) in [7, 11) is 0. The van der Waals surface area contributed by atoms with Gasteiger partial charge in [0.05, 0.1) is 13.2 Å². The highest BCUT2D eigenvalue weighted by atomic mass is 16.6. The standard InChI is InChI=1S/C18H23NO4/c1-5-22-17(20)15(18(21)23-6-2)11-19-13(4)12(3)14-9-7-8-10-16(14)19/h7-13H,5-6H2,1-4H3. The molecule has 1 aromatic rings. The van der Waals surface area contributed by atoms with Crippen molar-refractivity contribution in [1.29, 1.82) is 0 Å². The maximum Gasteiger partial charge on any atom is 0.347 e. The maximum atomic E-state index is 12.1. The van der Waals surface area contributed by atoms with Crippen LogP contribution in [-0.2, 0) is 19.1 Å². The highest BCUT2D eigenvalue weighted by Crippen LogP contribution is 2.40. The molecule has 1 heterocycles. The monoisotopic (exact) mass is 317 g/mol. The fourth-order valence-corrected chi connectivity index (χ4v) is 2.76. The number of hydrogen-bond donors (Lipinski definition) is 0. The van der Waals surface area contributed by atoms with Gasteiger partial charge in [-0.25, -0.2) is 9.59 Å². The topological polar surface area (TPSA) is 55.8 Å². The van der Waals surface area contributed by atoms with Crippen molar-refractivity contribution < 1.29 is 19.1 Å². The molecule has 0 fully saturated rings. The van der Waals surface area contributed by atoms with Gasteiger partial charge in [0.15, 0.2) is 5.57 Å². The predicted molar refractivity (Wildman–Crippen MR) is 88.1 cm³/mol. The number of ether oxygens (including phenoxy) is 2. The minimum atomic E-state index is -0.657. The smallest absolute Gasteiger partial charge is 0.347 e. The van der Waals surface area contributed by atoms with E-state index in [-0.39, 0.29) is 24.8 Å². The molecule has 1 aromatic carbocycles. The zero-order valence-electron chi connectivity index (χ0n) is 14.0. The predicted octanol–water partition coefficient (Wildman–Crippen LogP) is 3.01. The van der Waals surface area contributed by atoms with Gasteiger partial charge >= 0.3 is 11.9 Å². The number of benzene rings is 1.